The van der Waals surface area contributed by atoms with Crippen LogP contribution in [-0.2, 0) is 6.54 Å². The van der Waals surface area contributed by atoms with Gasteiger partial charge in [-0.15, -0.1) is 0 Å². The molecular weight excluding hydrogens is 325 g/mol. The number of benzene rings is 2. The molecule has 0 radical (unpaired) electrons. The monoisotopic (exact) mass is 337 g/mol. The van der Waals surface area contributed by atoms with Crippen molar-refractivity contribution in [1.82, 2.24) is 5.32 Å². The zero-order valence-electron chi connectivity index (χ0n) is 12.1. The van der Waals surface area contributed by atoms with E-state index in [0.29, 0.717) is 5.56 Å². The van der Waals surface area contributed by atoms with Crippen LogP contribution in [0.4, 0.5) is 4.39 Å². The molecular formula is C16H13ClFNO4. The maximum absolute atomic E-state index is 13.0. The van der Waals surface area contributed by atoms with E-state index in [1.165, 1.54) is 25.3 Å². The summed E-state index contributed by atoms with van der Waals surface area (Å²) in [6.45, 7) is 0.0941. The molecule has 0 saturated carbocycles. The van der Waals surface area contributed by atoms with Gasteiger partial charge in [0.2, 0.25) is 0 Å². The number of ether oxygens (including phenoxy) is 1. The van der Waals surface area contributed by atoms with Gasteiger partial charge in [0.25, 0.3) is 5.91 Å². The predicted molar refractivity (Wildman–Crippen MR) is 82.5 cm³/mol. The van der Waals surface area contributed by atoms with Crippen LogP contribution in [0.3, 0.4) is 0 Å². The van der Waals surface area contributed by atoms with Crippen LogP contribution in [0, 0.1) is 5.82 Å². The van der Waals surface area contributed by atoms with E-state index in [2.05, 4.69) is 5.32 Å². The Balaban J connectivity index is 2.13. The number of hydrogen-bond donors (Lipinski definition) is 2. The Hall–Kier alpha value is -2.60. The third kappa shape index (κ3) is 3.98. The lowest BCUT2D eigenvalue weighted by atomic mass is 10.1. The molecule has 0 aromatic heterocycles. The highest BCUT2D eigenvalue weighted by Crippen LogP contribution is 2.20. The number of hydrogen-bond acceptors (Lipinski definition) is 3. The predicted octanol–water partition coefficient (Wildman–Crippen LogP) is 3.12. The Labute approximate surface area is 136 Å². The summed E-state index contributed by atoms with van der Waals surface area (Å²) in [5, 5.41) is 11.7. The normalized spacial score (nSPS) is 10.2. The van der Waals surface area contributed by atoms with E-state index >= 15 is 0 Å². The van der Waals surface area contributed by atoms with Crippen LogP contribution in [0.1, 0.15) is 26.3 Å². The van der Waals surface area contributed by atoms with Crippen molar-refractivity contribution >= 4 is 23.5 Å². The van der Waals surface area contributed by atoms with Gasteiger partial charge in [0, 0.05) is 6.54 Å². The number of carbonyl (C=O) groups is 2. The minimum absolute atomic E-state index is 0.000867. The van der Waals surface area contributed by atoms with Gasteiger partial charge in [-0.2, -0.15) is 0 Å². The van der Waals surface area contributed by atoms with Crippen LogP contribution in [0.2, 0.25) is 5.02 Å². The molecule has 0 spiro atoms. The van der Waals surface area contributed by atoms with Gasteiger partial charge in [-0.3, -0.25) is 4.79 Å². The Morgan fingerprint density at radius 1 is 1.22 bits per heavy atom. The number of carboxylic acids is 1. The third-order valence-electron chi connectivity index (χ3n) is 3.12. The van der Waals surface area contributed by atoms with Crippen molar-refractivity contribution in [3.63, 3.8) is 0 Å². The first-order valence-corrected chi connectivity index (χ1v) is 6.93. The first kappa shape index (κ1) is 16.8. The highest BCUT2D eigenvalue weighted by Gasteiger charge is 2.14. The fraction of sp³-hybridized carbons (Fsp3) is 0.125. The molecule has 0 heterocycles. The molecule has 2 rings (SSSR count). The molecule has 2 N–H and O–H groups in total. The van der Waals surface area contributed by atoms with Gasteiger partial charge in [-0.1, -0.05) is 17.7 Å². The lowest BCUT2D eigenvalue weighted by Crippen LogP contribution is -2.23. The van der Waals surface area contributed by atoms with Crippen LogP contribution in [0.25, 0.3) is 0 Å². The average Bonchev–Trinajstić information content (AvgIpc) is 2.52. The number of rotatable bonds is 5. The first-order chi connectivity index (χ1) is 10.9. The molecule has 2 aromatic carbocycles. The van der Waals surface area contributed by atoms with Gasteiger partial charge in [0.05, 0.1) is 17.7 Å². The van der Waals surface area contributed by atoms with Gasteiger partial charge < -0.3 is 15.2 Å². The molecule has 0 fully saturated rings. The molecule has 0 bridgehead atoms. The highest BCUT2D eigenvalue weighted by molar-refractivity contribution is 6.33. The van der Waals surface area contributed by atoms with E-state index < -0.39 is 17.7 Å². The van der Waals surface area contributed by atoms with Crippen LogP contribution in [0.5, 0.6) is 5.75 Å². The molecule has 1 amide bonds. The first-order valence-electron chi connectivity index (χ1n) is 6.56. The van der Waals surface area contributed by atoms with Crippen LogP contribution < -0.4 is 10.1 Å². The molecule has 0 unspecified atom stereocenters. The van der Waals surface area contributed by atoms with Gasteiger partial charge in [0.15, 0.2) is 0 Å². The van der Waals surface area contributed by atoms with E-state index in [1.807, 2.05) is 0 Å². The van der Waals surface area contributed by atoms with Gasteiger partial charge >= 0.3 is 5.97 Å². The molecule has 23 heavy (non-hydrogen) atoms. The quantitative estimate of drug-likeness (QED) is 0.879. The van der Waals surface area contributed by atoms with Crippen molar-refractivity contribution in [3.8, 4) is 5.75 Å². The third-order valence-corrected chi connectivity index (χ3v) is 3.44. The van der Waals surface area contributed by atoms with Gasteiger partial charge in [0.1, 0.15) is 17.1 Å². The second-order valence-corrected chi connectivity index (χ2v) is 5.05. The number of carboxylic acid groups (broad SMARTS) is 1. The number of carbonyl (C=O) groups excluding carboxylic acids is 1. The van der Waals surface area contributed by atoms with E-state index in [4.69, 9.17) is 21.4 Å². The summed E-state index contributed by atoms with van der Waals surface area (Å²) in [7, 11) is 1.37. The Morgan fingerprint density at radius 3 is 2.57 bits per heavy atom. The molecule has 5 nitrogen and oxygen atoms in total. The van der Waals surface area contributed by atoms with E-state index in [0.717, 1.165) is 12.1 Å². The molecule has 0 aliphatic carbocycles. The van der Waals surface area contributed by atoms with Crippen molar-refractivity contribution in [2.24, 2.45) is 0 Å². The zero-order valence-corrected chi connectivity index (χ0v) is 12.9. The van der Waals surface area contributed by atoms with Crippen molar-refractivity contribution < 1.29 is 23.8 Å². The van der Waals surface area contributed by atoms with Crippen molar-refractivity contribution in [2.45, 2.75) is 6.54 Å². The van der Waals surface area contributed by atoms with Crippen LogP contribution >= 0.6 is 11.6 Å². The molecule has 0 aliphatic heterocycles. The second-order valence-electron chi connectivity index (χ2n) is 4.65. The topological polar surface area (TPSA) is 75.6 Å². The number of amides is 1. The maximum atomic E-state index is 13.0. The largest absolute Gasteiger partial charge is 0.496 e. The van der Waals surface area contributed by atoms with E-state index in [1.54, 1.807) is 6.07 Å². The van der Waals surface area contributed by atoms with Crippen molar-refractivity contribution in [1.29, 1.82) is 0 Å². The van der Waals surface area contributed by atoms with E-state index in [9.17, 15) is 14.0 Å². The van der Waals surface area contributed by atoms with Crippen molar-refractivity contribution in [3.05, 3.63) is 63.9 Å². The summed E-state index contributed by atoms with van der Waals surface area (Å²) in [6, 6.07) is 8.02. The summed E-state index contributed by atoms with van der Waals surface area (Å²) >= 11 is 5.82. The lowest BCUT2D eigenvalue weighted by Gasteiger charge is -2.10. The fourth-order valence-corrected chi connectivity index (χ4v) is 2.24. The van der Waals surface area contributed by atoms with Crippen LogP contribution in [-0.4, -0.2) is 24.1 Å². The fourth-order valence-electron chi connectivity index (χ4n) is 1.98. The minimum Gasteiger partial charge on any atom is -0.496 e. The summed E-state index contributed by atoms with van der Waals surface area (Å²) in [4.78, 5) is 23.2. The number of methoxy groups -OCH3 is 1. The molecule has 0 saturated heterocycles. The minimum atomic E-state index is -1.13. The molecule has 7 heteroatoms. The lowest BCUT2D eigenvalue weighted by molar-refractivity contribution is 0.0693. The summed E-state index contributed by atoms with van der Waals surface area (Å²) in [6.07, 6.45) is 0. The zero-order chi connectivity index (χ0) is 17.0. The van der Waals surface area contributed by atoms with Crippen molar-refractivity contribution in [2.75, 3.05) is 7.11 Å². The number of halogens is 2. The summed E-state index contributed by atoms with van der Waals surface area (Å²) < 4.78 is 17.9. The molecule has 0 aliphatic rings. The maximum Gasteiger partial charge on any atom is 0.339 e. The Morgan fingerprint density at radius 2 is 1.96 bits per heavy atom. The van der Waals surface area contributed by atoms with E-state index in [-0.39, 0.29) is 28.4 Å². The Bertz CT molecular complexity index is 764. The number of nitrogens with one attached hydrogen (secondary N) is 1. The summed E-state index contributed by atoms with van der Waals surface area (Å²) in [5.41, 5.74) is 0.717. The second kappa shape index (κ2) is 7.11. The average molecular weight is 338 g/mol. The smallest absolute Gasteiger partial charge is 0.339 e. The van der Waals surface area contributed by atoms with Gasteiger partial charge in [-0.05, 0) is 35.9 Å². The Kier molecular flexibility index (Phi) is 5.18. The SMILES string of the molecule is COc1ccc(CNC(=O)c2ccc(F)cc2Cl)cc1C(=O)O. The highest BCUT2D eigenvalue weighted by atomic mass is 35.5. The molecule has 0 atom stereocenters. The summed E-state index contributed by atoms with van der Waals surface area (Å²) in [5.74, 6) is -1.92. The van der Waals surface area contributed by atoms with Crippen LogP contribution in [0.15, 0.2) is 36.4 Å². The standard InChI is InChI=1S/C16H13ClFNO4/c1-23-14-5-2-9(6-12(14)16(21)22)8-19-15(20)11-4-3-10(18)7-13(11)17/h2-7H,8H2,1H3,(H,19,20)(H,21,22). The molecule has 2 aromatic rings. The molecule has 120 valence electrons. The van der Waals surface area contributed by atoms with Gasteiger partial charge in [-0.25, -0.2) is 9.18 Å². The number of aromatic carboxylic acids is 1.